The van der Waals surface area contributed by atoms with Crippen molar-refractivity contribution in [2.75, 3.05) is 0 Å². The molecular weight excluding hydrogens is 168 g/mol. The van der Waals surface area contributed by atoms with Crippen molar-refractivity contribution in [2.24, 2.45) is 10.1 Å². The number of nitrogens with zero attached hydrogens (tertiary/aromatic N) is 1. The highest BCUT2D eigenvalue weighted by Crippen LogP contribution is 2.26. The molecule has 0 atom stereocenters. The normalized spacial score (nSPS) is 14.8. The van der Waals surface area contributed by atoms with E-state index in [1.165, 1.54) is 11.9 Å². The van der Waals surface area contributed by atoms with Crippen molar-refractivity contribution in [3.63, 3.8) is 0 Å². The summed E-state index contributed by atoms with van der Waals surface area (Å²) in [5.41, 5.74) is 7.49. The predicted molar refractivity (Wildman–Crippen MR) is 53.0 cm³/mol. The van der Waals surface area contributed by atoms with Gasteiger partial charge in [0, 0.05) is 16.8 Å². The average Bonchev–Trinajstić information content (AvgIpc) is 2.25. The zero-order chi connectivity index (χ0) is 8.39. The maximum atomic E-state index is 5.65. The maximum absolute atomic E-state index is 5.65. The Bertz CT molecular complexity index is 355. The highest BCUT2D eigenvalue weighted by Gasteiger charge is 2.02. The third-order valence-corrected chi connectivity index (χ3v) is 2.37. The second-order valence-electron chi connectivity index (χ2n) is 2.51. The first-order chi connectivity index (χ1) is 5.86. The second-order valence-corrected chi connectivity index (χ2v) is 3.34. The molecule has 1 aliphatic rings. The third-order valence-electron chi connectivity index (χ3n) is 1.59. The van der Waals surface area contributed by atoms with Crippen LogP contribution in [0.4, 0.5) is 0 Å². The number of benzene rings is 1. The number of fused-ring (bicyclic) bond motifs is 1. The van der Waals surface area contributed by atoms with Crippen molar-refractivity contribution in [1.82, 2.24) is 0 Å². The van der Waals surface area contributed by atoms with Gasteiger partial charge in [-0.25, -0.2) is 4.40 Å². The van der Waals surface area contributed by atoms with Gasteiger partial charge in [-0.1, -0.05) is 18.2 Å². The minimum absolute atomic E-state index is 0.701. The van der Waals surface area contributed by atoms with Gasteiger partial charge in [-0.2, -0.15) is 0 Å². The summed E-state index contributed by atoms with van der Waals surface area (Å²) in [4.78, 5) is 1.15. The maximum Gasteiger partial charge on any atom is 0.0585 e. The van der Waals surface area contributed by atoms with Gasteiger partial charge in [-0.15, -0.1) is 0 Å². The molecule has 3 heteroatoms. The summed E-state index contributed by atoms with van der Waals surface area (Å²) in [6.07, 6.45) is 3.60. The number of allylic oxidation sites excluding steroid dienone is 1. The van der Waals surface area contributed by atoms with Crippen LogP contribution in [0.2, 0.25) is 0 Å². The summed E-state index contributed by atoms with van der Waals surface area (Å²) < 4.78 is 4.09. The monoisotopic (exact) mass is 176 g/mol. The first kappa shape index (κ1) is 7.43. The Kier molecular flexibility index (Phi) is 1.87. The molecule has 60 valence electrons. The van der Waals surface area contributed by atoms with E-state index in [9.17, 15) is 0 Å². The van der Waals surface area contributed by atoms with Crippen molar-refractivity contribution < 1.29 is 0 Å². The van der Waals surface area contributed by atoms with Crippen LogP contribution in [-0.4, -0.2) is 6.21 Å². The smallest absolute Gasteiger partial charge is 0.0585 e. The highest BCUT2D eigenvalue weighted by atomic mass is 32.2. The lowest BCUT2D eigenvalue weighted by Gasteiger charge is -1.97. The van der Waals surface area contributed by atoms with Crippen LogP contribution in [0.25, 0.3) is 6.08 Å². The van der Waals surface area contributed by atoms with Crippen LogP contribution >= 0.6 is 11.9 Å². The van der Waals surface area contributed by atoms with Gasteiger partial charge in [0.1, 0.15) is 0 Å². The van der Waals surface area contributed by atoms with E-state index in [1.54, 1.807) is 6.21 Å². The minimum atomic E-state index is 0.701. The van der Waals surface area contributed by atoms with E-state index < -0.39 is 0 Å². The summed E-state index contributed by atoms with van der Waals surface area (Å²) in [6.45, 7) is 0. The number of nitrogens with two attached hydrogens (primary N) is 1. The van der Waals surface area contributed by atoms with Gasteiger partial charge in [-0.05, 0) is 17.7 Å². The van der Waals surface area contributed by atoms with E-state index >= 15 is 0 Å². The van der Waals surface area contributed by atoms with Crippen LogP contribution in [-0.2, 0) is 0 Å². The molecule has 2 N–H and O–H groups in total. The molecule has 0 saturated carbocycles. The van der Waals surface area contributed by atoms with Crippen molar-refractivity contribution in [2.45, 2.75) is 4.90 Å². The van der Waals surface area contributed by atoms with Crippen molar-refractivity contribution >= 4 is 24.2 Å². The van der Waals surface area contributed by atoms with E-state index in [0.29, 0.717) is 5.70 Å². The Morgan fingerprint density at radius 1 is 1.25 bits per heavy atom. The number of hydrogen-bond acceptors (Lipinski definition) is 3. The van der Waals surface area contributed by atoms with Gasteiger partial charge in [0.05, 0.1) is 11.9 Å². The van der Waals surface area contributed by atoms with Gasteiger partial charge in [0.2, 0.25) is 0 Å². The molecule has 2 rings (SSSR count). The van der Waals surface area contributed by atoms with Crippen LogP contribution in [0.5, 0.6) is 0 Å². The van der Waals surface area contributed by atoms with E-state index in [4.69, 9.17) is 5.73 Å². The molecule has 12 heavy (non-hydrogen) atoms. The van der Waals surface area contributed by atoms with E-state index in [0.717, 1.165) is 10.5 Å². The summed E-state index contributed by atoms with van der Waals surface area (Å²) >= 11 is 1.45. The van der Waals surface area contributed by atoms with E-state index in [2.05, 4.69) is 4.40 Å². The molecule has 0 radical (unpaired) electrons. The van der Waals surface area contributed by atoms with Crippen LogP contribution in [0.1, 0.15) is 5.56 Å². The molecule has 0 spiro atoms. The molecule has 2 nitrogen and oxygen atoms in total. The standard InChI is InChI=1S/C9H8N2S/c10-8-5-7-3-1-2-4-9(7)12-11-6-8/h1-6H,10H2. The molecule has 1 aromatic rings. The summed E-state index contributed by atoms with van der Waals surface area (Å²) in [6, 6.07) is 8.06. The zero-order valence-corrected chi connectivity index (χ0v) is 7.21. The van der Waals surface area contributed by atoms with Crippen LogP contribution in [0, 0.1) is 0 Å². The summed E-state index contributed by atoms with van der Waals surface area (Å²) in [7, 11) is 0. The van der Waals surface area contributed by atoms with Gasteiger partial charge < -0.3 is 5.73 Å². The van der Waals surface area contributed by atoms with E-state index in [1.807, 2.05) is 30.3 Å². The number of hydrogen-bond donors (Lipinski definition) is 1. The van der Waals surface area contributed by atoms with Gasteiger partial charge in [-0.3, -0.25) is 0 Å². The Balaban J connectivity index is 2.54. The Labute approximate surface area is 75.3 Å². The minimum Gasteiger partial charge on any atom is -0.397 e. The second kappa shape index (κ2) is 3.03. The van der Waals surface area contributed by atoms with E-state index in [-0.39, 0.29) is 0 Å². The molecule has 0 bridgehead atoms. The molecule has 1 aliphatic heterocycles. The van der Waals surface area contributed by atoms with Crippen LogP contribution < -0.4 is 5.73 Å². The summed E-state index contributed by atoms with van der Waals surface area (Å²) in [5.74, 6) is 0. The zero-order valence-electron chi connectivity index (χ0n) is 6.40. The van der Waals surface area contributed by atoms with Crippen molar-refractivity contribution in [3.05, 3.63) is 35.5 Å². The summed E-state index contributed by atoms with van der Waals surface area (Å²) in [5, 5.41) is 0. The Hall–Kier alpha value is -1.22. The predicted octanol–water partition coefficient (Wildman–Crippen LogP) is 2.08. The first-order valence-electron chi connectivity index (χ1n) is 3.63. The molecule has 1 aromatic carbocycles. The lowest BCUT2D eigenvalue weighted by atomic mass is 10.2. The van der Waals surface area contributed by atoms with Crippen LogP contribution in [0.3, 0.4) is 0 Å². The van der Waals surface area contributed by atoms with Crippen LogP contribution in [0.15, 0.2) is 39.3 Å². The molecule has 0 unspecified atom stereocenters. The van der Waals surface area contributed by atoms with Gasteiger partial charge in [0.15, 0.2) is 0 Å². The first-order valence-corrected chi connectivity index (χ1v) is 4.40. The fraction of sp³-hybridized carbons (Fsp3) is 0. The SMILES string of the molecule is NC1=Cc2ccccc2SN=C1. The Morgan fingerprint density at radius 2 is 2.08 bits per heavy atom. The topological polar surface area (TPSA) is 38.4 Å². The van der Waals surface area contributed by atoms with Crippen molar-refractivity contribution in [1.29, 1.82) is 0 Å². The average molecular weight is 176 g/mol. The molecule has 0 aliphatic carbocycles. The molecule has 1 heterocycles. The fourth-order valence-corrected chi connectivity index (χ4v) is 1.70. The van der Waals surface area contributed by atoms with Gasteiger partial charge >= 0.3 is 0 Å². The molecular formula is C9H8N2S. The largest absolute Gasteiger partial charge is 0.397 e. The third kappa shape index (κ3) is 1.36. The molecule has 0 amide bonds. The van der Waals surface area contributed by atoms with Gasteiger partial charge in [0.25, 0.3) is 0 Å². The Morgan fingerprint density at radius 3 is 3.00 bits per heavy atom. The molecule has 0 saturated heterocycles. The van der Waals surface area contributed by atoms with Crippen molar-refractivity contribution in [3.8, 4) is 0 Å². The molecule has 0 aromatic heterocycles. The fourth-order valence-electron chi connectivity index (χ4n) is 1.04. The molecule has 0 fully saturated rings. The number of rotatable bonds is 0. The lowest BCUT2D eigenvalue weighted by Crippen LogP contribution is -1.95. The lowest BCUT2D eigenvalue weighted by molar-refractivity contribution is 1.41. The quantitative estimate of drug-likeness (QED) is 0.614. The highest BCUT2D eigenvalue weighted by molar-refractivity contribution is 7.98.